The first-order valence-corrected chi connectivity index (χ1v) is 11.9. The van der Waals surface area contributed by atoms with Crippen LogP contribution in [0.3, 0.4) is 0 Å². The van der Waals surface area contributed by atoms with Crippen molar-refractivity contribution in [3.05, 3.63) is 89.6 Å². The maximum absolute atomic E-state index is 13.0. The molecule has 5 rings (SSSR count). The lowest BCUT2D eigenvalue weighted by molar-refractivity contribution is -0.156. The standard InChI is InChI=1S/C26H21ClN4O7/c1-15(32)36-21-20(38-26(34)17-10-6-3-7-11-17)18(12-35-25(33)16-8-4-2-5-9-16)37-24(21)31-14-30-19-22(27)28-13-29-23(19)31/h2-11,13-14,18,20-21,24H,12H2,1H3/t18-,20?,21+,24-/m1/s1. The summed E-state index contributed by atoms with van der Waals surface area (Å²) in [6.45, 7) is 0.929. The number of ether oxygens (including phenoxy) is 4. The van der Waals surface area contributed by atoms with Crippen LogP contribution in [0.4, 0.5) is 0 Å². The summed E-state index contributed by atoms with van der Waals surface area (Å²) in [5.41, 5.74) is 1.23. The molecule has 4 aromatic rings. The molecule has 1 unspecified atom stereocenters. The summed E-state index contributed by atoms with van der Waals surface area (Å²) in [5.74, 6) is -1.90. The Balaban J connectivity index is 1.48. The van der Waals surface area contributed by atoms with Crippen molar-refractivity contribution in [1.82, 2.24) is 19.5 Å². The minimum absolute atomic E-state index is 0.121. The lowest BCUT2D eigenvalue weighted by atomic mass is 10.1. The van der Waals surface area contributed by atoms with E-state index in [4.69, 9.17) is 30.5 Å². The van der Waals surface area contributed by atoms with E-state index in [0.29, 0.717) is 16.7 Å². The van der Waals surface area contributed by atoms with Crippen molar-refractivity contribution in [2.45, 2.75) is 31.5 Å². The van der Waals surface area contributed by atoms with Gasteiger partial charge in [0.05, 0.1) is 17.5 Å². The summed E-state index contributed by atoms with van der Waals surface area (Å²) in [6.07, 6.45) is -1.66. The number of fused-ring (bicyclic) bond motifs is 1. The number of rotatable bonds is 7. The molecule has 1 fully saturated rings. The highest BCUT2D eigenvalue weighted by atomic mass is 35.5. The average molecular weight is 537 g/mol. The van der Waals surface area contributed by atoms with E-state index < -0.39 is 42.4 Å². The topological polar surface area (TPSA) is 132 Å². The SMILES string of the molecule is CC(=O)O[C@H]1C(OC(=O)c2ccccc2)[C@@H](COC(=O)c2ccccc2)O[C@H]1n1cnc2c(Cl)ncnc21. The van der Waals surface area contributed by atoms with Crippen molar-refractivity contribution in [2.24, 2.45) is 0 Å². The molecule has 1 aliphatic rings. The van der Waals surface area contributed by atoms with Crippen molar-refractivity contribution in [3.63, 3.8) is 0 Å². The summed E-state index contributed by atoms with van der Waals surface area (Å²) < 4.78 is 24.6. The van der Waals surface area contributed by atoms with Gasteiger partial charge in [-0.3, -0.25) is 9.36 Å². The van der Waals surface area contributed by atoms with Gasteiger partial charge in [-0.15, -0.1) is 0 Å². The van der Waals surface area contributed by atoms with Gasteiger partial charge >= 0.3 is 17.9 Å². The predicted octanol–water partition coefficient (Wildman–Crippen LogP) is 3.39. The monoisotopic (exact) mass is 536 g/mol. The molecule has 12 heteroatoms. The molecular formula is C26H21ClN4O7. The van der Waals surface area contributed by atoms with Crippen LogP contribution < -0.4 is 0 Å². The first-order chi connectivity index (χ1) is 18.4. The largest absolute Gasteiger partial charge is 0.459 e. The third-order valence-electron chi connectivity index (χ3n) is 5.82. The number of imidazole rings is 1. The molecule has 2 aromatic heterocycles. The Bertz CT molecular complexity index is 1460. The molecule has 1 saturated heterocycles. The lowest BCUT2D eigenvalue weighted by Crippen LogP contribution is -2.41. The van der Waals surface area contributed by atoms with Crippen molar-refractivity contribution < 1.29 is 33.3 Å². The minimum atomic E-state index is -1.14. The van der Waals surface area contributed by atoms with Gasteiger partial charge in [-0.05, 0) is 24.3 Å². The van der Waals surface area contributed by atoms with Gasteiger partial charge in [0.25, 0.3) is 0 Å². The molecule has 11 nitrogen and oxygen atoms in total. The zero-order valence-corrected chi connectivity index (χ0v) is 20.7. The predicted molar refractivity (Wildman–Crippen MR) is 132 cm³/mol. The number of aromatic nitrogens is 4. The van der Waals surface area contributed by atoms with Crippen LogP contribution in [0.15, 0.2) is 73.3 Å². The van der Waals surface area contributed by atoms with E-state index in [0.717, 1.165) is 0 Å². The molecule has 38 heavy (non-hydrogen) atoms. The molecule has 0 radical (unpaired) electrons. The van der Waals surface area contributed by atoms with Crippen LogP contribution in [0.5, 0.6) is 0 Å². The molecule has 194 valence electrons. The summed E-state index contributed by atoms with van der Waals surface area (Å²) in [6, 6.07) is 16.7. The number of halogens is 1. The highest BCUT2D eigenvalue weighted by molar-refractivity contribution is 6.33. The van der Waals surface area contributed by atoms with Gasteiger partial charge in [-0.2, -0.15) is 0 Å². The van der Waals surface area contributed by atoms with E-state index in [1.807, 2.05) is 0 Å². The highest BCUT2D eigenvalue weighted by Crippen LogP contribution is 2.36. The van der Waals surface area contributed by atoms with E-state index in [2.05, 4.69) is 15.0 Å². The van der Waals surface area contributed by atoms with Crippen LogP contribution in [0.2, 0.25) is 5.15 Å². The Morgan fingerprint density at radius 1 is 0.895 bits per heavy atom. The third-order valence-corrected chi connectivity index (χ3v) is 6.09. The number of hydrogen-bond donors (Lipinski definition) is 0. The highest BCUT2D eigenvalue weighted by Gasteiger charge is 2.51. The summed E-state index contributed by atoms with van der Waals surface area (Å²) >= 11 is 6.15. The number of nitrogens with zero attached hydrogens (tertiary/aromatic N) is 4. The van der Waals surface area contributed by atoms with Crippen molar-refractivity contribution in [1.29, 1.82) is 0 Å². The van der Waals surface area contributed by atoms with Crippen molar-refractivity contribution >= 4 is 40.7 Å². The second kappa shape index (κ2) is 11.0. The van der Waals surface area contributed by atoms with Gasteiger partial charge in [0, 0.05) is 6.92 Å². The molecule has 1 aliphatic heterocycles. The number of carbonyl (C=O) groups excluding carboxylic acids is 3. The number of hydrogen-bond acceptors (Lipinski definition) is 10. The summed E-state index contributed by atoms with van der Waals surface area (Å²) in [5, 5.41) is 0.121. The molecule has 0 bridgehead atoms. The van der Waals surface area contributed by atoms with Crippen molar-refractivity contribution in [2.75, 3.05) is 6.61 Å². The quantitative estimate of drug-likeness (QED) is 0.197. The van der Waals surface area contributed by atoms with Crippen LogP contribution in [-0.4, -0.2) is 62.3 Å². The van der Waals surface area contributed by atoms with Gasteiger partial charge in [0.15, 0.2) is 29.2 Å². The molecule has 4 atom stereocenters. The smallest absolute Gasteiger partial charge is 0.338 e. The first kappa shape index (κ1) is 25.3. The Hall–Kier alpha value is -4.35. The molecular weight excluding hydrogens is 516 g/mol. The third kappa shape index (κ3) is 5.20. The number of benzene rings is 2. The Morgan fingerprint density at radius 3 is 2.21 bits per heavy atom. The van der Waals surface area contributed by atoms with Crippen LogP contribution in [-0.2, 0) is 23.7 Å². The summed E-state index contributed by atoms with van der Waals surface area (Å²) in [4.78, 5) is 50.1. The van der Waals surface area contributed by atoms with E-state index in [9.17, 15) is 14.4 Å². The van der Waals surface area contributed by atoms with E-state index in [1.165, 1.54) is 24.1 Å². The number of esters is 3. The van der Waals surface area contributed by atoms with E-state index in [1.54, 1.807) is 60.7 Å². The Kier molecular flexibility index (Phi) is 7.29. The van der Waals surface area contributed by atoms with Gasteiger partial charge in [-0.25, -0.2) is 24.5 Å². The second-order valence-electron chi connectivity index (χ2n) is 8.33. The molecule has 3 heterocycles. The van der Waals surface area contributed by atoms with Crippen LogP contribution >= 0.6 is 11.6 Å². The summed E-state index contributed by atoms with van der Waals surface area (Å²) in [7, 11) is 0. The molecule has 0 amide bonds. The maximum atomic E-state index is 13.0. The molecule has 0 saturated carbocycles. The molecule has 2 aromatic carbocycles. The van der Waals surface area contributed by atoms with E-state index in [-0.39, 0.29) is 17.3 Å². The van der Waals surface area contributed by atoms with Crippen LogP contribution in [0.25, 0.3) is 11.2 Å². The van der Waals surface area contributed by atoms with Crippen LogP contribution in [0.1, 0.15) is 33.9 Å². The fourth-order valence-electron chi connectivity index (χ4n) is 4.12. The zero-order chi connectivity index (χ0) is 26.6. The van der Waals surface area contributed by atoms with Gasteiger partial charge < -0.3 is 18.9 Å². The zero-order valence-electron chi connectivity index (χ0n) is 20.0. The van der Waals surface area contributed by atoms with Crippen LogP contribution in [0, 0.1) is 0 Å². The average Bonchev–Trinajstić information content (AvgIpc) is 3.50. The van der Waals surface area contributed by atoms with Gasteiger partial charge in [0.2, 0.25) is 0 Å². The first-order valence-electron chi connectivity index (χ1n) is 11.6. The number of carbonyl (C=O) groups is 3. The molecule has 0 N–H and O–H groups in total. The fraction of sp³-hybridized carbons (Fsp3) is 0.231. The maximum Gasteiger partial charge on any atom is 0.338 e. The Labute approximate surface area is 221 Å². The Morgan fingerprint density at radius 2 is 1.55 bits per heavy atom. The minimum Gasteiger partial charge on any atom is -0.459 e. The van der Waals surface area contributed by atoms with Gasteiger partial charge in [-0.1, -0.05) is 48.0 Å². The second-order valence-corrected chi connectivity index (χ2v) is 8.69. The van der Waals surface area contributed by atoms with Crippen molar-refractivity contribution in [3.8, 4) is 0 Å². The van der Waals surface area contributed by atoms with E-state index >= 15 is 0 Å². The molecule has 0 aliphatic carbocycles. The lowest BCUT2D eigenvalue weighted by Gasteiger charge is -2.24. The fourth-order valence-corrected chi connectivity index (χ4v) is 4.29. The normalized spacial score (nSPS) is 20.7. The molecule has 0 spiro atoms. The van der Waals surface area contributed by atoms with Gasteiger partial charge in [0.1, 0.15) is 24.6 Å².